The number of hydrogen-bond acceptors (Lipinski definition) is 3. The van der Waals surface area contributed by atoms with Gasteiger partial charge in [-0.25, -0.2) is 4.39 Å². The zero-order valence-electron chi connectivity index (χ0n) is 10.8. The van der Waals surface area contributed by atoms with Crippen LogP contribution in [0.5, 0.6) is 0 Å². The number of nitrogens with two attached hydrogens (primary N) is 1. The monoisotopic (exact) mass is 273 g/mol. The highest BCUT2D eigenvalue weighted by atomic mass is 19.1. The Morgan fingerprint density at radius 2 is 1.50 bits per heavy atom. The molecule has 1 aromatic carbocycles. The molecule has 4 nitrogen and oxygen atoms in total. The van der Waals surface area contributed by atoms with E-state index in [1.54, 1.807) is 29.1 Å². The number of nitrogens with zero attached hydrogens (tertiary/aromatic N) is 1. The third-order valence-corrected chi connectivity index (χ3v) is 2.89. The highest BCUT2D eigenvalue weighted by Crippen LogP contribution is 2.04. The van der Waals surface area contributed by atoms with Crippen LogP contribution >= 0.6 is 0 Å². The molecule has 20 heavy (non-hydrogen) atoms. The summed E-state index contributed by atoms with van der Waals surface area (Å²) in [6, 6.07) is 8.64. The molecule has 0 aliphatic carbocycles. The topological polar surface area (TPSA) is 64.0 Å². The first-order valence-corrected chi connectivity index (χ1v) is 6.11. The first-order chi connectivity index (χ1) is 9.60. The lowest BCUT2D eigenvalue weighted by atomic mass is 10.1. The summed E-state index contributed by atoms with van der Waals surface area (Å²) in [5.41, 5.74) is 6.23. The van der Waals surface area contributed by atoms with Gasteiger partial charge in [0.1, 0.15) is 5.82 Å². The molecule has 0 saturated carbocycles. The van der Waals surface area contributed by atoms with Gasteiger partial charge in [-0.05, 0) is 24.3 Å². The number of carbonyl (C=O) groups is 2. The van der Waals surface area contributed by atoms with Crippen molar-refractivity contribution in [2.24, 2.45) is 5.73 Å². The Kier molecular flexibility index (Phi) is 4.32. The van der Waals surface area contributed by atoms with Gasteiger partial charge < -0.3 is 5.73 Å². The van der Waals surface area contributed by atoms with Crippen LogP contribution in [0.1, 0.15) is 20.7 Å². The zero-order chi connectivity index (χ0) is 14.5. The summed E-state index contributed by atoms with van der Waals surface area (Å²) >= 11 is 0. The van der Waals surface area contributed by atoms with Gasteiger partial charge in [0.2, 0.25) is 12.3 Å². The van der Waals surface area contributed by atoms with Crippen molar-refractivity contribution in [2.45, 2.75) is 6.54 Å². The molecule has 0 atom stereocenters. The minimum absolute atomic E-state index is 0.0431. The van der Waals surface area contributed by atoms with Crippen molar-refractivity contribution in [1.82, 2.24) is 0 Å². The smallest absolute Gasteiger partial charge is 0.227 e. The van der Waals surface area contributed by atoms with Crippen molar-refractivity contribution in [1.29, 1.82) is 0 Å². The van der Waals surface area contributed by atoms with Crippen LogP contribution in [0.25, 0.3) is 0 Å². The molecule has 2 N–H and O–H groups in total. The number of pyridine rings is 1. The van der Waals surface area contributed by atoms with Crippen LogP contribution < -0.4 is 10.3 Å². The predicted molar refractivity (Wildman–Crippen MR) is 70.8 cm³/mol. The molecule has 0 bridgehead atoms. The number of benzene rings is 1. The normalized spacial score (nSPS) is 10.3. The zero-order valence-corrected chi connectivity index (χ0v) is 10.8. The Labute approximate surface area is 115 Å². The molecule has 0 unspecified atom stereocenters. The Balaban J connectivity index is 2.08. The van der Waals surface area contributed by atoms with E-state index in [0.29, 0.717) is 11.1 Å². The van der Waals surface area contributed by atoms with Gasteiger partial charge in [0.15, 0.2) is 18.2 Å². The van der Waals surface area contributed by atoms with Crippen LogP contribution in [-0.2, 0) is 6.54 Å². The summed E-state index contributed by atoms with van der Waals surface area (Å²) in [5, 5.41) is 0. The molecule has 0 spiro atoms. The predicted octanol–water partition coefficient (Wildman–Crippen LogP) is 1.14. The van der Waals surface area contributed by atoms with Gasteiger partial charge in [0, 0.05) is 23.3 Å². The van der Waals surface area contributed by atoms with E-state index in [4.69, 9.17) is 5.73 Å². The highest BCUT2D eigenvalue weighted by Gasteiger charge is 2.13. The molecular formula is C15H14FN2O2+. The van der Waals surface area contributed by atoms with Crippen LogP contribution in [0.4, 0.5) is 4.39 Å². The summed E-state index contributed by atoms with van der Waals surface area (Å²) in [5.74, 6) is -0.659. The van der Waals surface area contributed by atoms with Crippen molar-refractivity contribution in [2.75, 3.05) is 6.54 Å². The number of carbonyl (C=O) groups excluding carboxylic acids is 2. The van der Waals surface area contributed by atoms with E-state index >= 15 is 0 Å². The van der Waals surface area contributed by atoms with E-state index in [1.807, 2.05) is 0 Å². The number of hydrogen-bond donors (Lipinski definition) is 1. The number of halogens is 1. The summed E-state index contributed by atoms with van der Waals surface area (Å²) in [7, 11) is 0. The van der Waals surface area contributed by atoms with E-state index in [1.165, 1.54) is 24.3 Å². The average Bonchev–Trinajstić information content (AvgIpc) is 2.48. The summed E-state index contributed by atoms with van der Waals surface area (Å²) < 4.78 is 14.4. The van der Waals surface area contributed by atoms with E-state index in [-0.39, 0.29) is 30.5 Å². The van der Waals surface area contributed by atoms with Gasteiger partial charge >= 0.3 is 0 Å². The second-order valence-electron chi connectivity index (χ2n) is 4.32. The standard InChI is InChI=1S/C15H14FN2O2/c16-13-3-1-11(2-4-13)15(20)10-18-7-5-12(6-8-18)14(19)9-17/h1-8H,9-10,17H2/q+1. The van der Waals surface area contributed by atoms with Crippen molar-refractivity contribution in [3.8, 4) is 0 Å². The van der Waals surface area contributed by atoms with Crippen molar-refractivity contribution < 1.29 is 18.5 Å². The fraction of sp³-hybridized carbons (Fsp3) is 0.133. The number of aromatic nitrogens is 1. The molecule has 2 aromatic rings. The fourth-order valence-electron chi connectivity index (χ4n) is 1.76. The highest BCUT2D eigenvalue weighted by molar-refractivity contribution is 5.97. The van der Waals surface area contributed by atoms with Gasteiger partial charge in [-0.2, -0.15) is 4.57 Å². The summed E-state index contributed by atoms with van der Waals surface area (Å²) in [6.07, 6.45) is 3.29. The second-order valence-corrected chi connectivity index (χ2v) is 4.32. The van der Waals surface area contributed by atoms with Crippen molar-refractivity contribution in [3.63, 3.8) is 0 Å². The molecule has 0 amide bonds. The lowest BCUT2D eigenvalue weighted by Crippen LogP contribution is -2.37. The van der Waals surface area contributed by atoms with E-state index in [2.05, 4.69) is 0 Å². The number of Topliss-reactive ketones (excluding diaryl/α,β-unsaturated/α-hetero) is 2. The fourth-order valence-corrected chi connectivity index (χ4v) is 1.76. The molecule has 0 fully saturated rings. The van der Waals surface area contributed by atoms with Gasteiger partial charge in [-0.1, -0.05) is 0 Å². The molecule has 1 heterocycles. The van der Waals surface area contributed by atoms with Gasteiger partial charge in [0.25, 0.3) is 0 Å². The van der Waals surface area contributed by atoms with Crippen LogP contribution in [-0.4, -0.2) is 18.1 Å². The quantitative estimate of drug-likeness (QED) is 0.656. The largest absolute Gasteiger partial charge is 0.324 e. The summed E-state index contributed by atoms with van der Waals surface area (Å²) in [6.45, 7) is 0.0846. The molecular weight excluding hydrogens is 259 g/mol. The third-order valence-electron chi connectivity index (χ3n) is 2.89. The van der Waals surface area contributed by atoms with E-state index < -0.39 is 0 Å². The molecule has 1 aromatic heterocycles. The Morgan fingerprint density at radius 1 is 0.950 bits per heavy atom. The van der Waals surface area contributed by atoms with Crippen molar-refractivity contribution >= 4 is 11.6 Å². The maximum absolute atomic E-state index is 12.8. The van der Waals surface area contributed by atoms with Crippen LogP contribution in [0.15, 0.2) is 48.8 Å². The molecule has 0 aliphatic heterocycles. The number of ketones is 2. The SMILES string of the molecule is NCC(=O)c1cc[n+](CC(=O)c2ccc(F)cc2)cc1. The second kappa shape index (κ2) is 6.16. The Bertz CT molecular complexity index is 621. The van der Waals surface area contributed by atoms with Crippen LogP contribution in [0, 0.1) is 5.82 Å². The first kappa shape index (κ1) is 14.0. The van der Waals surface area contributed by atoms with Gasteiger partial charge in [0.05, 0.1) is 6.54 Å². The van der Waals surface area contributed by atoms with Crippen molar-refractivity contribution in [3.05, 3.63) is 65.7 Å². The minimum atomic E-state index is -0.376. The lowest BCUT2D eigenvalue weighted by Gasteiger charge is -1.99. The molecule has 5 heteroatoms. The Hall–Kier alpha value is -2.40. The van der Waals surface area contributed by atoms with E-state index in [9.17, 15) is 14.0 Å². The molecule has 0 radical (unpaired) electrons. The van der Waals surface area contributed by atoms with Crippen LogP contribution in [0.3, 0.4) is 0 Å². The molecule has 0 aliphatic rings. The average molecular weight is 273 g/mol. The first-order valence-electron chi connectivity index (χ1n) is 6.11. The summed E-state index contributed by atoms with van der Waals surface area (Å²) in [4.78, 5) is 23.3. The van der Waals surface area contributed by atoms with Crippen LogP contribution in [0.2, 0.25) is 0 Å². The molecule has 2 rings (SSSR count). The molecule has 102 valence electrons. The third kappa shape index (κ3) is 3.33. The number of rotatable bonds is 5. The minimum Gasteiger partial charge on any atom is -0.324 e. The maximum Gasteiger partial charge on any atom is 0.227 e. The Morgan fingerprint density at radius 3 is 2.05 bits per heavy atom. The van der Waals surface area contributed by atoms with Gasteiger partial charge in [-0.3, -0.25) is 9.59 Å². The molecule has 0 saturated heterocycles. The lowest BCUT2D eigenvalue weighted by molar-refractivity contribution is -0.683. The van der Waals surface area contributed by atoms with Gasteiger partial charge in [-0.15, -0.1) is 0 Å². The maximum atomic E-state index is 12.8. The van der Waals surface area contributed by atoms with E-state index in [0.717, 1.165) is 0 Å².